The van der Waals surface area contributed by atoms with Gasteiger partial charge in [0, 0.05) is 38.7 Å². The summed E-state index contributed by atoms with van der Waals surface area (Å²) < 4.78 is 27.3. The molecule has 1 heterocycles. The molecule has 31 heavy (non-hydrogen) atoms. The number of hydrogen-bond donors (Lipinski definition) is 2. The normalized spacial score (nSPS) is 14.9. The minimum Gasteiger partial charge on any atom is -0.343 e. The van der Waals surface area contributed by atoms with E-state index in [1.807, 2.05) is 23.1 Å². The summed E-state index contributed by atoms with van der Waals surface area (Å²) in [4.78, 5) is 25.5. The molecule has 8 heteroatoms. The van der Waals surface area contributed by atoms with E-state index in [-0.39, 0.29) is 29.7 Å². The van der Waals surface area contributed by atoms with E-state index in [0.717, 1.165) is 19.3 Å². The Morgan fingerprint density at radius 3 is 2.26 bits per heavy atom. The summed E-state index contributed by atoms with van der Waals surface area (Å²) in [6.07, 6.45) is 3.09. The molecule has 0 spiro atoms. The number of rotatable bonds is 8. The zero-order chi connectivity index (χ0) is 22.3. The van der Waals surface area contributed by atoms with Gasteiger partial charge in [-0.2, -0.15) is 0 Å². The van der Waals surface area contributed by atoms with Crippen LogP contribution in [0.25, 0.3) is 0 Å². The van der Waals surface area contributed by atoms with Gasteiger partial charge in [0.15, 0.2) is 0 Å². The molecule has 0 bridgehead atoms. The molecular formula is C23H29N3O4S. The average molecular weight is 444 g/mol. The Morgan fingerprint density at radius 1 is 1.00 bits per heavy atom. The number of carbonyl (C=O) groups is 2. The lowest BCUT2D eigenvalue weighted by Gasteiger charge is -2.32. The highest BCUT2D eigenvalue weighted by Gasteiger charge is 2.23. The number of likely N-dealkylation sites (tertiary alicyclic amines) is 1. The molecule has 2 aromatic rings. The Hall–Kier alpha value is -2.71. The summed E-state index contributed by atoms with van der Waals surface area (Å²) >= 11 is 0. The van der Waals surface area contributed by atoms with Crippen molar-refractivity contribution in [2.24, 2.45) is 5.92 Å². The van der Waals surface area contributed by atoms with Gasteiger partial charge < -0.3 is 10.2 Å². The molecule has 2 amide bonds. The highest BCUT2D eigenvalue weighted by Crippen LogP contribution is 2.22. The first-order valence-electron chi connectivity index (χ1n) is 10.5. The van der Waals surface area contributed by atoms with Gasteiger partial charge in [-0.05, 0) is 55.0 Å². The van der Waals surface area contributed by atoms with Gasteiger partial charge in [0.05, 0.1) is 4.90 Å². The van der Waals surface area contributed by atoms with Crippen LogP contribution < -0.4 is 10.0 Å². The van der Waals surface area contributed by atoms with Crippen molar-refractivity contribution in [3.63, 3.8) is 0 Å². The highest BCUT2D eigenvalue weighted by molar-refractivity contribution is 7.89. The van der Waals surface area contributed by atoms with Crippen molar-refractivity contribution >= 4 is 27.5 Å². The third-order valence-corrected chi connectivity index (χ3v) is 6.93. The summed E-state index contributed by atoms with van der Waals surface area (Å²) in [6.45, 7) is 2.87. The number of benzene rings is 2. The van der Waals surface area contributed by atoms with Gasteiger partial charge in [0.1, 0.15) is 0 Å². The molecule has 1 aliphatic heterocycles. The number of anilines is 1. The summed E-state index contributed by atoms with van der Waals surface area (Å²) in [5.41, 5.74) is 1.85. The fourth-order valence-corrected chi connectivity index (χ4v) is 4.82. The van der Waals surface area contributed by atoms with Crippen LogP contribution in [0, 0.1) is 5.92 Å². The van der Waals surface area contributed by atoms with E-state index in [9.17, 15) is 18.0 Å². The molecule has 0 radical (unpaired) electrons. The lowest BCUT2D eigenvalue weighted by atomic mass is 9.90. The first kappa shape index (κ1) is 23.0. The monoisotopic (exact) mass is 443 g/mol. The quantitative estimate of drug-likeness (QED) is 0.656. The van der Waals surface area contributed by atoms with Crippen LogP contribution in [0.1, 0.15) is 31.7 Å². The van der Waals surface area contributed by atoms with Crippen molar-refractivity contribution < 1.29 is 18.0 Å². The summed E-state index contributed by atoms with van der Waals surface area (Å²) in [6, 6.07) is 16.3. The molecule has 2 N–H and O–H groups in total. The summed E-state index contributed by atoms with van der Waals surface area (Å²) in [7, 11) is -3.71. The SMILES string of the molecule is CC(=O)Nc1ccc(S(=O)(=O)NCCC(=O)N2CCC(Cc3ccccc3)CC2)cc1. The van der Waals surface area contributed by atoms with Crippen LogP contribution in [-0.4, -0.2) is 44.8 Å². The third-order valence-electron chi connectivity index (χ3n) is 5.45. The van der Waals surface area contributed by atoms with Gasteiger partial charge in [0.2, 0.25) is 21.8 Å². The molecule has 0 atom stereocenters. The second-order valence-corrected chi connectivity index (χ2v) is 9.63. The minimum absolute atomic E-state index is 0.0260. The molecule has 7 nitrogen and oxygen atoms in total. The number of nitrogens with one attached hydrogen (secondary N) is 2. The van der Waals surface area contributed by atoms with E-state index in [1.165, 1.54) is 36.8 Å². The molecule has 0 aromatic heterocycles. The second-order valence-electron chi connectivity index (χ2n) is 7.87. The van der Waals surface area contributed by atoms with E-state index >= 15 is 0 Å². The van der Waals surface area contributed by atoms with Gasteiger partial charge in [-0.15, -0.1) is 0 Å². The van der Waals surface area contributed by atoms with Gasteiger partial charge >= 0.3 is 0 Å². The fourth-order valence-electron chi connectivity index (χ4n) is 3.79. The van der Waals surface area contributed by atoms with Crippen molar-refractivity contribution in [1.29, 1.82) is 0 Å². The Balaban J connectivity index is 1.42. The molecule has 166 valence electrons. The number of piperidine rings is 1. The van der Waals surface area contributed by atoms with Crippen molar-refractivity contribution in [3.05, 3.63) is 60.2 Å². The molecular weight excluding hydrogens is 414 g/mol. The molecule has 0 saturated carbocycles. The maximum atomic E-state index is 12.5. The van der Waals surface area contributed by atoms with Gasteiger partial charge in [-0.3, -0.25) is 9.59 Å². The van der Waals surface area contributed by atoms with E-state index in [2.05, 4.69) is 22.2 Å². The summed E-state index contributed by atoms with van der Waals surface area (Å²) in [5, 5.41) is 2.59. The molecule has 3 rings (SSSR count). The maximum Gasteiger partial charge on any atom is 0.240 e. The van der Waals surface area contributed by atoms with Crippen molar-refractivity contribution in [2.75, 3.05) is 25.0 Å². The predicted octanol–water partition coefficient (Wildman–Crippen LogP) is 2.79. The average Bonchev–Trinajstić information content (AvgIpc) is 2.75. The fraction of sp³-hybridized carbons (Fsp3) is 0.391. The lowest BCUT2D eigenvalue weighted by Crippen LogP contribution is -2.40. The number of carbonyl (C=O) groups excluding carboxylic acids is 2. The number of hydrogen-bond acceptors (Lipinski definition) is 4. The number of nitrogens with zero attached hydrogens (tertiary/aromatic N) is 1. The summed E-state index contributed by atoms with van der Waals surface area (Å²) in [5.74, 6) is 0.323. The van der Waals surface area contributed by atoms with Gasteiger partial charge in [-0.1, -0.05) is 30.3 Å². The predicted molar refractivity (Wildman–Crippen MR) is 120 cm³/mol. The van der Waals surface area contributed by atoms with E-state index in [0.29, 0.717) is 24.7 Å². The third kappa shape index (κ3) is 6.90. The van der Waals surface area contributed by atoms with Crippen LogP contribution in [-0.2, 0) is 26.0 Å². The zero-order valence-electron chi connectivity index (χ0n) is 17.7. The van der Waals surface area contributed by atoms with Gasteiger partial charge in [0.25, 0.3) is 0 Å². The van der Waals surface area contributed by atoms with Crippen LogP contribution in [0.15, 0.2) is 59.5 Å². The number of amides is 2. The first-order chi connectivity index (χ1) is 14.8. The lowest BCUT2D eigenvalue weighted by molar-refractivity contribution is -0.132. The van der Waals surface area contributed by atoms with Crippen molar-refractivity contribution in [3.8, 4) is 0 Å². The second kappa shape index (κ2) is 10.5. The molecule has 1 aliphatic rings. The first-order valence-corrected chi connectivity index (χ1v) is 12.0. The van der Waals surface area contributed by atoms with Crippen molar-refractivity contribution in [2.45, 2.75) is 37.5 Å². The maximum absolute atomic E-state index is 12.5. The molecule has 2 aromatic carbocycles. The molecule has 0 aliphatic carbocycles. The Bertz CT molecular complexity index is 983. The molecule has 0 unspecified atom stereocenters. The Kier molecular flexibility index (Phi) is 7.81. The highest BCUT2D eigenvalue weighted by atomic mass is 32.2. The van der Waals surface area contributed by atoms with Gasteiger partial charge in [-0.25, -0.2) is 13.1 Å². The molecule has 1 fully saturated rings. The minimum atomic E-state index is -3.71. The van der Waals surface area contributed by atoms with Crippen LogP contribution in [0.4, 0.5) is 5.69 Å². The van der Waals surface area contributed by atoms with Crippen molar-refractivity contribution in [1.82, 2.24) is 9.62 Å². The number of sulfonamides is 1. The standard InChI is InChI=1S/C23H29N3O4S/c1-18(27)25-21-7-9-22(10-8-21)31(29,30)24-14-11-23(28)26-15-12-20(13-16-26)17-19-5-3-2-4-6-19/h2-10,20,24H,11-17H2,1H3,(H,25,27). The molecule has 1 saturated heterocycles. The van der Waals surface area contributed by atoms with Crippen LogP contribution in [0.2, 0.25) is 0 Å². The zero-order valence-corrected chi connectivity index (χ0v) is 18.5. The topological polar surface area (TPSA) is 95.6 Å². The van der Waals surface area contributed by atoms with Crippen LogP contribution >= 0.6 is 0 Å². The van der Waals surface area contributed by atoms with E-state index < -0.39 is 10.0 Å². The smallest absolute Gasteiger partial charge is 0.240 e. The van der Waals surface area contributed by atoms with Crippen LogP contribution in [0.3, 0.4) is 0 Å². The largest absolute Gasteiger partial charge is 0.343 e. The van der Waals surface area contributed by atoms with Crippen LogP contribution in [0.5, 0.6) is 0 Å². The Morgan fingerprint density at radius 2 is 1.65 bits per heavy atom. The van der Waals surface area contributed by atoms with E-state index in [4.69, 9.17) is 0 Å². The van der Waals surface area contributed by atoms with E-state index in [1.54, 1.807) is 0 Å². The Labute approximate surface area is 183 Å².